The SMILES string of the molecule is C=C1C=C(N2C(=C)C3(CCC(N)CC3)CC2C)CO1. The van der Waals surface area contributed by atoms with Crippen LogP contribution in [0.5, 0.6) is 0 Å². The normalized spacial score (nSPS) is 38.8. The molecule has 1 spiro atoms. The molecule has 0 amide bonds. The van der Waals surface area contributed by atoms with E-state index in [0.717, 1.165) is 18.6 Å². The maximum atomic E-state index is 6.05. The van der Waals surface area contributed by atoms with E-state index in [0.29, 0.717) is 18.7 Å². The molecule has 1 unspecified atom stereocenters. The Morgan fingerprint density at radius 2 is 2.05 bits per heavy atom. The van der Waals surface area contributed by atoms with Crippen molar-refractivity contribution >= 4 is 0 Å². The first-order valence-corrected chi connectivity index (χ1v) is 7.28. The van der Waals surface area contributed by atoms with Crippen LogP contribution in [0.3, 0.4) is 0 Å². The van der Waals surface area contributed by atoms with Crippen LogP contribution < -0.4 is 5.73 Å². The molecule has 3 rings (SSSR count). The van der Waals surface area contributed by atoms with E-state index < -0.39 is 0 Å². The predicted molar refractivity (Wildman–Crippen MR) is 77.1 cm³/mol. The summed E-state index contributed by atoms with van der Waals surface area (Å²) in [6.45, 7) is 11.2. The van der Waals surface area contributed by atoms with Crippen molar-refractivity contribution < 1.29 is 4.74 Å². The molecule has 3 aliphatic rings. The Morgan fingerprint density at radius 3 is 2.63 bits per heavy atom. The van der Waals surface area contributed by atoms with E-state index in [2.05, 4.69) is 31.1 Å². The second-order valence-corrected chi connectivity index (χ2v) is 6.38. The van der Waals surface area contributed by atoms with Gasteiger partial charge >= 0.3 is 0 Å². The maximum absolute atomic E-state index is 6.05. The summed E-state index contributed by atoms with van der Waals surface area (Å²) in [6.07, 6.45) is 7.87. The Hall–Kier alpha value is -1.22. The van der Waals surface area contributed by atoms with E-state index in [-0.39, 0.29) is 5.41 Å². The highest BCUT2D eigenvalue weighted by molar-refractivity contribution is 5.31. The fourth-order valence-electron chi connectivity index (χ4n) is 4.01. The zero-order valence-electron chi connectivity index (χ0n) is 11.8. The summed E-state index contributed by atoms with van der Waals surface area (Å²) in [4.78, 5) is 2.38. The van der Waals surface area contributed by atoms with Crippen LogP contribution >= 0.6 is 0 Å². The molecule has 3 nitrogen and oxygen atoms in total. The van der Waals surface area contributed by atoms with Crippen molar-refractivity contribution in [1.29, 1.82) is 0 Å². The molecule has 1 saturated carbocycles. The first kappa shape index (κ1) is 12.8. The molecule has 3 heteroatoms. The van der Waals surface area contributed by atoms with E-state index in [4.69, 9.17) is 10.5 Å². The number of ether oxygens (including phenoxy) is 1. The van der Waals surface area contributed by atoms with Crippen molar-refractivity contribution in [2.24, 2.45) is 11.1 Å². The molecule has 19 heavy (non-hydrogen) atoms. The molecule has 0 bridgehead atoms. The van der Waals surface area contributed by atoms with E-state index in [1.165, 1.54) is 30.7 Å². The van der Waals surface area contributed by atoms with Gasteiger partial charge in [-0.15, -0.1) is 0 Å². The van der Waals surface area contributed by atoms with Crippen LogP contribution in [0.2, 0.25) is 0 Å². The van der Waals surface area contributed by atoms with E-state index in [9.17, 15) is 0 Å². The van der Waals surface area contributed by atoms with Crippen molar-refractivity contribution in [3.63, 3.8) is 0 Å². The minimum absolute atomic E-state index is 0.278. The van der Waals surface area contributed by atoms with Gasteiger partial charge in [-0.3, -0.25) is 0 Å². The van der Waals surface area contributed by atoms with Gasteiger partial charge in [-0.1, -0.05) is 13.2 Å². The lowest BCUT2D eigenvalue weighted by Crippen LogP contribution is -2.34. The van der Waals surface area contributed by atoms with E-state index in [1.54, 1.807) is 0 Å². The standard InChI is InChI=1S/C16H24N2O/c1-11-9-16(6-4-14(17)5-7-16)13(3)18(11)15-8-12(2)19-10-15/h8,11,14H,2-7,9-10,17H2,1H3. The van der Waals surface area contributed by atoms with Gasteiger partial charge in [0.15, 0.2) is 0 Å². The number of allylic oxidation sites excluding steroid dienone is 2. The summed E-state index contributed by atoms with van der Waals surface area (Å²) < 4.78 is 5.48. The molecule has 1 saturated heterocycles. The van der Waals surface area contributed by atoms with Gasteiger partial charge in [0.25, 0.3) is 0 Å². The van der Waals surface area contributed by atoms with Crippen LogP contribution in [0.15, 0.2) is 36.4 Å². The molecule has 0 radical (unpaired) electrons. The van der Waals surface area contributed by atoms with Crippen molar-refractivity contribution in [2.45, 2.75) is 51.1 Å². The Morgan fingerprint density at radius 1 is 1.37 bits per heavy atom. The molecule has 2 fully saturated rings. The highest BCUT2D eigenvalue weighted by Crippen LogP contribution is 2.53. The fourth-order valence-corrected chi connectivity index (χ4v) is 4.01. The smallest absolute Gasteiger partial charge is 0.128 e. The summed E-state index contributed by atoms with van der Waals surface area (Å²) in [7, 11) is 0. The minimum Gasteiger partial charge on any atom is -0.488 e. The number of nitrogens with zero attached hydrogens (tertiary/aromatic N) is 1. The lowest BCUT2D eigenvalue weighted by Gasteiger charge is -2.37. The van der Waals surface area contributed by atoms with Gasteiger partial charge in [0.1, 0.15) is 12.4 Å². The van der Waals surface area contributed by atoms with Crippen molar-refractivity contribution in [2.75, 3.05) is 6.61 Å². The third kappa shape index (κ3) is 2.00. The molecule has 1 aliphatic carbocycles. The third-order valence-corrected chi connectivity index (χ3v) is 5.06. The zero-order chi connectivity index (χ0) is 13.6. The molecular formula is C16H24N2O. The van der Waals surface area contributed by atoms with Crippen molar-refractivity contribution in [3.05, 3.63) is 36.4 Å². The molecule has 0 aromatic heterocycles. The molecule has 1 atom stereocenters. The highest BCUT2D eigenvalue weighted by Gasteiger charge is 2.47. The summed E-state index contributed by atoms with van der Waals surface area (Å²) in [5, 5.41) is 0. The Bertz CT molecular complexity index is 444. The average Bonchev–Trinajstić information content (AvgIpc) is 2.87. The number of hydrogen-bond acceptors (Lipinski definition) is 3. The van der Waals surface area contributed by atoms with Gasteiger partial charge in [-0.05, 0) is 39.0 Å². The van der Waals surface area contributed by atoms with Crippen molar-refractivity contribution in [1.82, 2.24) is 4.90 Å². The summed E-state index contributed by atoms with van der Waals surface area (Å²) in [5.74, 6) is 0.765. The van der Waals surface area contributed by atoms with E-state index in [1.807, 2.05) is 0 Å². The second kappa shape index (κ2) is 4.41. The number of likely N-dealkylation sites (tertiary alicyclic amines) is 1. The molecule has 0 aromatic carbocycles. The van der Waals surface area contributed by atoms with Crippen LogP contribution in [0.1, 0.15) is 39.0 Å². The molecule has 0 aromatic rings. The second-order valence-electron chi connectivity index (χ2n) is 6.38. The van der Waals surface area contributed by atoms with Gasteiger partial charge in [-0.2, -0.15) is 0 Å². The van der Waals surface area contributed by atoms with Crippen LogP contribution in [-0.4, -0.2) is 23.6 Å². The van der Waals surface area contributed by atoms with Gasteiger partial charge in [0.2, 0.25) is 0 Å². The maximum Gasteiger partial charge on any atom is 0.128 e. The lowest BCUT2D eigenvalue weighted by molar-refractivity contribution is 0.221. The van der Waals surface area contributed by atoms with Crippen LogP contribution in [0, 0.1) is 5.41 Å². The van der Waals surface area contributed by atoms with Gasteiger partial charge in [0, 0.05) is 29.3 Å². The Balaban J connectivity index is 1.83. The van der Waals surface area contributed by atoms with Crippen molar-refractivity contribution in [3.8, 4) is 0 Å². The monoisotopic (exact) mass is 260 g/mol. The first-order chi connectivity index (χ1) is 9.02. The average molecular weight is 260 g/mol. The highest BCUT2D eigenvalue weighted by atomic mass is 16.5. The summed E-state index contributed by atoms with van der Waals surface area (Å²) >= 11 is 0. The summed E-state index contributed by atoms with van der Waals surface area (Å²) in [5.41, 5.74) is 8.82. The quantitative estimate of drug-likeness (QED) is 0.788. The van der Waals surface area contributed by atoms with Crippen LogP contribution in [0.4, 0.5) is 0 Å². The van der Waals surface area contributed by atoms with E-state index >= 15 is 0 Å². The minimum atomic E-state index is 0.278. The van der Waals surface area contributed by atoms with Crippen LogP contribution in [0.25, 0.3) is 0 Å². The molecular weight excluding hydrogens is 236 g/mol. The Kier molecular flexibility index (Phi) is 2.97. The lowest BCUT2D eigenvalue weighted by atomic mass is 9.70. The van der Waals surface area contributed by atoms with Crippen LogP contribution in [-0.2, 0) is 4.74 Å². The fraction of sp³-hybridized carbons (Fsp3) is 0.625. The predicted octanol–water partition coefficient (Wildman–Crippen LogP) is 2.91. The Labute approximate surface area is 115 Å². The molecule has 104 valence electrons. The molecule has 2 aliphatic heterocycles. The zero-order valence-corrected chi connectivity index (χ0v) is 11.8. The van der Waals surface area contributed by atoms with Gasteiger partial charge < -0.3 is 15.4 Å². The molecule has 2 heterocycles. The summed E-state index contributed by atoms with van der Waals surface area (Å²) in [6, 6.07) is 0.888. The topological polar surface area (TPSA) is 38.5 Å². The first-order valence-electron chi connectivity index (χ1n) is 7.28. The van der Waals surface area contributed by atoms with Gasteiger partial charge in [0.05, 0.1) is 5.70 Å². The molecule has 2 N–H and O–H groups in total. The number of rotatable bonds is 1. The number of hydrogen-bond donors (Lipinski definition) is 1. The largest absolute Gasteiger partial charge is 0.488 e. The number of nitrogens with two attached hydrogens (primary N) is 1. The van der Waals surface area contributed by atoms with Gasteiger partial charge in [-0.25, -0.2) is 0 Å². The third-order valence-electron chi connectivity index (χ3n) is 5.06.